The fourth-order valence-corrected chi connectivity index (χ4v) is 2.89. The zero-order valence-electron chi connectivity index (χ0n) is 12.9. The number of alkyl halides is 3. The third-order valence-electron chi connectivity index (χ3n) is 4.07. The van der Waals surface area contributed by atoms with E-state index in [1.165, 1.54) is 35.2 Å². The molecule has 1 aliphatic rings. The fraction of sp³-hybridized carbons (Fsp3) is 0.235. The van der Waals surface area contributed by atoms with Gasteiger partial charge in [-0.05, 0) is 42.7 Å². The van der Waals surface area contributed by atoms with Crippen LogP contribution >= 0.6 is 0 Å². The molecule has 0 aromatic heterocycles. The molecule has 5 nitrogen and oxygen atoms in total. The van der Waals surface area contributed by atoms with E-state index in [9.17, 15) is 28.1 Å². The monoisotopic (exact) mass is 350 g/mol. The number of amides is 1. The maximum absolute atomic E-state index is 12.9. The minimum atomic E-state index is -4.44. The second kappa shape index (κ2) is 6.19. The molecular weight excluding hydrogens is 337 g/mol. The van der Waals surface area contributed by atoms with Crippen LogP contribution in [-0.2, 0) is 12.6 Å². The number of hydrogen-bond donors (Lipinski definition) is 0. The molecule has 25 heavy (non-hydrogen) atoms. The average molecular weight is 350 g/mol. The Morgan fingerprint density at radius 1 is 1.16 bits per heavy atom. The Balaban J connectivity index is 1.96. The Kier molecular flexibility index (Phi) is 4.20. The Labute approximate surface area is 140 Å². The van der Waals surface area contributed by atoms with Crippen LogP contribution < -0.4 is 4.90 Å². The van der Waals surface area contributed by atoms with Crippen molar-refractivity contribution < 1.29 is 22.9 Å². The lowest BCUT2D eigenvalue weighted by atomic mass is 9.98. The van der Waals surface area contributed by atoms with Crippen LogP contribution in [0.4, 0.5) is 24.5 Å². The number of nitro benzene ring substituents is 1. The maximum atomic E-state index is 12.9. The molecular formula is C17H13F3N2O3. The van der Waals surface area contributed by atoms with Gasteiger partial charge in [0, 0.05) is 29.9 Å². The number of nitro groups is 1. The summed E-state index contributed by atoms with van der Waals surface area (Å²) >= 11 is 0. The number of hydrogen-bond acceptors (Lipinski definition) is 3. The zero-order valence-corrected chi connectivity index (χ0v) is 12.9. The highest BCUT2D eigenvalue weighted by Crippen LogP contribution is 2.35. The van der Waals surface area contributed by atoms with Crippen LogP contribution in [-0.4, -0.2) is 17.4 Å². The van der Waals surface area contributed by atoms with Gasteiger partial charge < -0.3 is 4.90 Å². The number of nitrogens with zero attached hydrogens (tertiary/aromatic N) is 2. The van der Waals surface area contributed by atoms with E-state index in [4.69, 9.17) is 0 Å². The number of rotatable bonds is 2. The topological polar surface area (TPSA) is 63.4 Å². The van der Waals surface area contributed by atoms with Gasteiger partial charge in [0.1, 0.15) is 0 Å². The number of aryl methyl sites for hydroxylation is 1. The second-order valence-electron chi connectivity index (χ2n) is 5.71. The third kappa shape index (κ3) is 3.33. The Hall–Kier alpha value is -2.90. The van der Waals surface area contributed by atoms with Crippen molar-refractivity contribution in [2.75, 3.05) is 11.4 Å². The lowest BCUT2D eigenvalue weighted by Crippen LogP contribution is -2.35. The lowest BCUT2D eigenvalue weighted by molar-refractivity contribution is -0.384. The van der Waals surface area contributed by atoms with Crippen LogP contribution in [0, 0.1) is 10.1 Å². The van der Waals surface area contributed by atoms with Gasteiger partial charge in [0.15, 0.2) is 0 Å². The van der Waals surface area contributed by atoms with E-state index in [0.29, 0.717) is 30.6 Å². The summed E-state index contributed by atoms with van der Waals surface area (Å²) < 4.78 is 38.6. The maximum Gasteiger partial charge on any atom is 0.416 e. The van der Waals surface area contributed by atoms with Gasteiger partial charge in [-0.2, -0.15) is 13.2 Å². The quantitative estimate of drug-likeness (QED) is 0.602. The molecule has 0 unspecified atom stereocenters. The molecule has 0 saturated heterocycles. The fourth-order valence-electron chi connectivity index (χ4n) is 2.89. The van der Waals surface area contributed by atoms with Gasteiger partial charge >= 0.3 is 6.18 Å². The Morgan fingerprint density at radius 3 is 2.60 bits per heavy atom. The van der Waals surface area contributed by atoms with Crippen molar-refractivity contribution >= 4 is 17.3 Å². The molecule has 0 spiro atoms. The van der Waals surface area contributed by atoms with E-state index in [-0.39, 0.29) is 11.3 Å². The smallest absolute Gasteiger partial charge is 0.308 e. The summed E-state index contributed by atoms with van der Waals surface area (Å²) in [6.45, 7) is 0.347. The predicted molar refractivity (Wildman–Crippen MR) is 84.5 cm³/mol. The van der Waals surface area contributed by atoms with Crippen molar-refractivity contribution in [3.8, 4) is 0 Å². The second-order valence-corrected chi connectivity index (χ2v) is 5.71. The van der Waals surface area contributed by atoms with E-state index >= 15 is 0 Å². The first kappa shape index (κ1) is 16.9. The van der Waals surface area contributed by atoms with Crippen molar-refractivity contribution in [2.24, 2.45) is 0 Å². The van der Waals surface area contributed by atoms with Crippen molar-refractivity contribution in [1.82, 2.24) is 0 Å². The highest BCUT2D eigenvalue weighted by Gasteiger charge is 2.33. The van der Waals surface area contributed by atoms with E-state index in [0.717, 1.165) is 12.1 Å². The van der Waals surface area contributed by atoms with Crippen molar-refractivity contribution in [3.05, 3.63) is 69.3 Å². The predicted octanol–water partition coefficient (Wildman–Crippen LogP) is 4.21. The van der Waals surface area contributed by atoms with Gasteiger partial charge in [-0.3, -0.25) is 14.9 Å². The zero-order chi connectivity index (χ0) is 18.2. The van der Waals surface area contributed by atoms with Gasteiger partial charge in [-0.25, -0.2) is 0 Å². The third-order valence-corrected chi connectivity index (χ3v) is 4.07. The average Bonchev–Trinajstić information content (AvgIpc) is 2.59. The molecule has 0 atom stereocenters. The summed E-state index contributed by atoms with van der Waals surface area (Å²) in [6.07, 6.45) is -3.48. The highest BCUT2D eigenvalue weighted by atomic mass is 19.4. The number of halogens is 3. The summed E-state index contributed by atoms with van der Waals surface area (Å²) in [5.74, 6) is -0.468. The van der Waals surface area contributed by atoms with Crippen LogP contribution in [0.2, 0.25) is 0 Å². The summed E-state index contributed by atoms with van der Waals surface area (Å²) in [5, 5.41) is 10.9. The van der Waals surface area contributed by atoms with Gasteiger partial charge in [0.05, 0.1) is 10.5 Å². The number of benzene rings is 2. The van der Waals surface area contributed by atoms with Crippen LogP contribution in [0.1, 0.15) is 27.9 Å². The van der Waals surface area contributed by atoms with E-state index < -0.39 is 22.6 Å². The molecule has 3 rings (SSSR count). The first-order chi connectivity index (χ1) is 11.8. The van der Waals surface area contributed by atoms with Crippen molar-refractivity contribution in [2.45, 2.75) is 19.0 Å². The summed E-state index contributed by atoms with van der Waals surface area (Å²) in [5.41, 5.74) is 0.0176. The first-order valence-electron chi connectivity index (χ1n) is 7.54. The Bertz CT molecular complexity index is 849. The van der Waals surface area contributed by atoms with Crippen LogP contribution in [0.15, 0.2) is 42.5 Å². The van der Waals surface area contributed by atoms with Crippen LogP contribution in [0.5, 0.6) is 0 Å². The van der Waals surface area contributed by atoms with Gasteiger partial charge in [-0.1, -0.05) is 6.07 Å². The molecule has 0 saturated carbocycles. The van der Waals surface area contributed by atoms with E-state index in [1.54, 1.807) is 0 Å². The number of anilines is 1. The number of carbonyl (C=O) groups excluding carboxylic acids is 1. The van der Waals surface area contributed by atoms with Crippen molar-refractivity contribution in [3.63, 3.8) is 0 Å². The molecule has 0 aliphatic carbocycles. The highest BCUT2D eigenvalue weighted by molar-refractivity contribution is 6.07. The standard InChI is InChI=1S/C17H13F3N2O3/c18-17(19,20)13-6-7-15-11(9-13)4-2-8-21(15)16(23)12-3-1-5-14(10-12)22(24)25/h1,3,5-7,9-10H,2,4,8H2. The van der Waals surface area contributed by atoms with Crippen LogP contribution in [0.3, 0.4) is 0 Å². The molecule has 1 amide bonds. The van der Waals surface area contributed by atoms with E-state index in [2.05, 4.69) is 0 Å². The number of non-ortho nitro benzene ring substituents is 1. The molecule has 8 heteroatoms. The molecule has 130 valence electrons. The minimum Gasteiger partial charge on any atom is -0.308 e. The number of carbonyl (C=O) groups is 1. The summed E-state index contributed by atoms with van der Waals surface area (Å²) in [7, 11) is 0. The molecule has 2 aromatic rings. The molecule has 0 N–H and O–H groups in total. The summed E-state index contributed by atoms with van der Waals surface area (Å²) in [6, 6.07) is 8.58. The molecule has 1 heterocycles. The van der Waals surface area contributed by atoms with Crippen molar-refractivity contribution in [1.29, 1.82) is 0 Å². The largest absolute Gasteiger partial charge is 0.416 e. The summed E-state index contributed by atoms with van der Waals surface area (Å²) in [4.78, 5) is 24.3. The van der Waals surface area contributed by atoms with Gasteiger partial charge in [-0.15, -0.1) is 0 Å². The van der Waals surface area contributed by atoms with Gasteiger partial charge in [0.25, 0.3) is 11.6 Å². The normalized spacial score (nSPS) is 14.1. The lowest BCUT2D eigenvalue weighted by Gasteiger charge is -2.30. The molecule has 0 bridgehead atoms. The first-order valence-corrected chi connectivity index (χ1v) is 7.54. The number of fused-ring (bicyclic) bond motifs is 1. The van der Waals surface area contributed by atoms with Gasteiger partial charge in [0.2, 0.25) is 0 Å². The Morgan fingerprint density at radius 2 is 1.92 bits per heavy atom. The van der Waals surface area contributed by atoms with Crippen LogP contribution in [0.25, 0.3) is 0 Å². The molecule has 0 radical (unpaired) electrons. The molecule has 2 aromatic carbocycles. The molecule has 0 fully saturated rings. The van der Waals surface area contributed by atoms with E-state index in [1.807, 2.05) is 0 Å². The molecule has 1 aliphatic heterocycles. The minimum absolute atomic E-state index is 0.127. The SMILES string of the molecule is O=C(c1cccc([N+](=O)[O-])c1)N1CCCc2cc(C(F)(F)F)ccc21.